The normalized spacial score (nSPS) is 15.7. The summed E-state index contributed by atoms with van der Waals surface area (Å²) in [5, 5.41) is 0. The topological polar surface area (TPSA) is 26.0 Å². The minimum absolute atomic E-state index is 0.0839. The molecule has 0 heterocycles. The predicted molar refractivity (Wildman–Crippen MR) is 70.2 cm³/mol. The zero-order valence-corrected chi connectivity index (χ0v) is 11.9. The molecule has 1 atom stereocenters. The lowest BCUT2D eigenvalue weighted by atomic mass is 9.74. The van der Waals surface area contributed by atoms with Crippen molar-refractivity contribution >= 4 is 15.9 Å². The fourth-order valence-electron chi connectivity index (χ4n) is 1.62. The fourth-order valence-corrected chi connectivity index (χ4v) is 2.01. The van der Waals surface area contributed by atoms with Gasteiger partial charge in [0, 0.05) is 17.4 Å². The van der Waals surface area contributed by atoms with E-state index in [4.69, 9.17) is 5.73 Å². The molecule has 0 aliphatic heterocycles. The van der Waals surface area contributed by atoms with E-state index in [-0.39, 0.29) is 18.8 Å². The third-order valence-electron chi connectivity index (χ3n) is 3.15. The van der Waals surface area contributed by atoms with E-state index in [1.165, 1.54) is 12.1 Å². The van der Waals surface area contributed by atoms with Gasteiger partial charge in [0.1, 0.15) is 11.5 Å². The molecule has 4 heteroatoms. The summed E-state index contributed by atoms with van der Waals surface area (Å²) in [5.74, 6) is -0.364. The summed E-state index contributed by atoms with van der Waals surface area (Å²) < 4.78 is 28.6. The molecule has 17 heavy (non-hydrogen) atoms. The second-order valence-corrected chi connectivity index (χ2v) is 6.19. The van der Waals surface area contributed by atoms with Crippen molar-refractivity contribution in [3.8, 4) is 0 Å². The lowest BCUT2D eigenvalue weighted by Crippen LogP contribution is -2.47. The third kappa shape index (κ3) is 3.26. The summed E-state index contributed by atoms with van der Waals surface area (Å²) in [6, 6.07) is 4.27. The Morgan fingerprint density at radius 1 is 1.29 bits per heavy atom. The van der Waals surface area contributed by atoms with Crippen molar-refractivity contribution in [1.82, 2.24) is 0 Å². The maximum atomic E-state index is 14.8. The third-order valence-corrected chi connectivity index (χ3v) is 3.92. The van der Waals surface area contributed by atoms with Crippen LogP contribution in [0, 0.1) is 11.2 Å². The van der Waals surface area contributed by atoms with Crippen LogP contribution < -0.4 is 5.73 Å². The van der Waals surface area contributed by atoms with Crippen molar-refractivity contribution in [2.75, 3.05) is 6.54 Å². The molecule has 0 bridgehead atoms. The van der Waals surface area contributed by atoms with Gasteiger partial charge in [-0.2, -0.15) is 0 Å². The highest BCUT2D eigenvalue weighted by Gasteiger charge is 2.41. The molecule has 1 aromatic carbocycles. The smallest absolute Gasteiger partial charge is 0.132 e. The minimum atomic E-state index is -1.55. The van der Waals surface area contributed by atoms with Crippen LogP contribution in [-0.4, -0.2) is 12.2 Å². The van der Waals surface area contributed by atoms with Crippen molar-refractivity contribution in [2.45, 2.75) is 32.9 Å². The van der Waals surface area contributed by atoms with Crippen molar-refractivity contribution in [1.29, 1.82) is 0 Å². The zero-order valence-electron chi connectivity index (χ0n) is 10.4. The first-order valence-electron chi connectivity index (χ1n) is 5.52. The van der Waals surface area contributed by atoms with Gasteiger partial charge in [-0.15, -0.1) is 0 Å². The Morgan fingerprint density at radius 2 is 1.88 bits per heavy atom. The molecule has 0 spiro atoms. The summed E-state index contributed by atoms with van der Waals surface area (Å²) in [5.41, 5.74) is 4.01. The first kappa shape index (κ1) is 14.6. The molecule has 0 aliphatic carbocycles. The van der Waals surface area contributed by atoms with Crippen LogP contribution >= 0.6 is 15.9 Å². The highest BCUT2D eigenvalue weighted by Crippen LogP contribution is 2.37. The van der Waals surface area contributed by atoms with Crippen LogP contribution in [0.15, 0.2) is 22.7 Å². The minimum Gasteiger partial charge on any atom is -0.327 e. The van der Waals surface area contributed by atoms with Crippen molar-refractivity contribution in [2.24, 2.45) is 11.1 Å². The summed E-state index contributed by atoms with van der Waals surface area (Å²) in [6.07, 6.45) is 0.103. The second-order valence-electron chi connectivity index (χ2n) is 5.33. The molecule has 96 valence electrons. The molecule has 1 unspecified atom stereocenters. The molecular weight excluding hydrogens is 288 g/mol. The Hall–Kier alpha value is -0.480. The molecule has 0 radical (unpaired) electrons. The lowest BCUT2D eigenvalue weighted by molar-refractivity contribution is 0.0380. The highest BCUT2D eigenvalue weighted by atomic mass is 79.9. The molecule has 1 rings (SSSR count). The molecule has 0 fully saturated rings. The number of halogens is 3. The monoisotopic (exact) mass is 305 g/mol. The van der Waals surface area contributed by atoms with Gasteiger partial charge in [-0.05, 0) is 29.2 Å². The van der Waals surface area contributed by atoms with E-state index in [0.717, 1.165) is 0 Å². The van der Waals surface area contributed by atoms with Gasteiger partial charge < -0.3 is 5.73 Å². The molecule has 0 aromatic heterocycles. The number of nitrogens with two attached hydrogens (primary N) is 1. The van der Waals surface area contributed by atoms with Gasteiger partial charge in [-0.25, -0.2) is 8.78 Å². The van der Waals surface area contributed by atoms with Crippen molar-refractivity contribution in [3.63, 3.8) is 0 Å². The van der Waals surface area contributed by atoms with Crippen LogP contribution in [0.3, 0.4) is 0 Å². The Balaban J connectivity index is 3.07. The van der Waals surface area contributed by atoms with Crippen LogP contribution in [-0.2, 0) is 6.42 Å². The Labute approximate surface area is 110 Å². The van der Waals surface area contributed by atoms with E-state index in [1.54, 1.807) is 26.8 Å². The van der Waals surface area contributed by atoms with E-state index in [2.05, 4.69) is 15.9 Å². The van der Waals surface area contributed by atoms with Gasteiger partial charge in [0.25, 0.3) is 0 Å². The fraction of sp³-hybridized carbons (Fsp3) is 0.538. The predicted octanol–water partition coefficient (Wildman–Crippen LogP) is 3.84. The maximum absolute atomic E-state index is 14.8. The molecule has 0 saturated carbocycles. The number of rotatable bonds is 3. The molecular formula is C13H18BrF2N. The molecule has 1 nitrogen and oxygen atoms in total. The molecule has 1 aromatic rings. The summed E-state index contributed by atoms with van der Waals surface area (Å²) in [6.45, 7) is 5.31. The average Bonchev–Trinajstić information content (AvgIpc) is 2.21. The van der Waals surface area contributed by atoms with Gasteiger partial charge in [-0.1, -0.05) is 36.7 Å². The van der Waals surface area contributed by atoms with Gasteiger partial charge in [-0.3, -0.25) is 0 Å². The van der Waals surface area contributed by atoms with E-state index in [9.17, 15) is 8.78 Å². The van der Waals surface area contributed by atoms with Crippen LogP contribution in [0.2, 0.25) is 0 Å². The van der Waals surface area contributed by atoms with Gasteiger partial charge in [0.05, 0.1) is 0 Å². The maximum Gasteiger partial charge on any atom is 0.132 e. The highest BCUT2D eigenvalue weighted by molar-refractivity contribution is 9.10. The standard InChI is InChI=1S/C13H18BrF2N/c1-12(2,3)13(16,8-17)7-9-6-10(15)4-5-11(9)14/h4-6H,7-8,17H2,1-3H3. The SMILES string of the molecule is CC(C)(C)C(F)(CN)Cc1cc(F)ccc1Br. The molecule has 2 N–H and O–H groups in total. The molecule has 0 saturated heterocycles. The van der Waals surface area contributed by atoms with Crippen molar-refractivity contribution < 1.29 is 8.78 Å². The quantitative estimate of drug-likeness (QED) is 0.902. The number of alkyl halides is 1. The number of benzene rings is 1. The van der Waals surface area contributed by atoms with Crippen LogP contribution in [0.5, 0.6) is 0 Å². The number of hydrogen-bond donors (Lipinski definition) is 1. The summed E-state index contributed by atoms with van der Waals surface area (Å²) in [7, 11) is 0. The van der Waals surface area contributed by atoms with Crippen LogP contribution in [0.25, 0.3) is 0 Å². The van der Waals surface area contributed by atoms with Gasteiger partial charge in [0.2, 0.25) is 0 Å². The second kappa shape index (κ2) is 5.02. The van der Waals surface area contributed by atoms with E-state index in [0.29, 0.717) is 10.0 Å². The summed E-state index contributed by atoms with van der Waals surface area (Å²) in [4.78, 5) is 0. The first-order chi connectivity index (χ1) is 7.69. The van der Waals surface area contributed by atoms with E-state index >= 15 is 0 Å². The Bertz CT molecular complexity index is 401. The average molecular weight is 306 g/mol. The van der Waals surface area contributed by atoms with E-state index in [1.807, 2.05) is 0 Å². The number of hydrogen-bond acceptors (Lipinski definition) is 1. The lowest BCUT2D eigenvalue weighted by Gasteiger charge is -2.37. The van der Waals surface area contributed by atoms with Gasteiger partial charge in [0.15, 0.2) is 0 Å². The largest absolute Gasteiger partial charge is 0.327 e. The zero-order chi connectivity index (χ0) is 13.3. The Kier molecular flexibility index (Phi) is 4.31. The molecule has 0 aliphatic rings. The van der Waals surface area contributed by atoms with Crippen LogP contribution in [0.4, 0.5) is 8.78 Å². The molecule has 0 amide bonds. The van der Waals surface area contributed by atoms with E-state index < -0.39 is 11.1 Å². The Morgan fingerprint density at radius 3 is 2.35 bits per heavy atom. The summed E-state index contributed by atoms with van der Waals surface area (Å²) >= 11 is 3.30. The first-order valence-corrected chi connectivity index (χ1v) is 6.32. The van der Waals surface area contributed by atoms with Gasteiger partial charge >= 0.3 is 0 Å². The van der Waals surface area contributed by atoms with Crippen molar-refractivity contribution in [3.05, 3.63) is 34.1 Å². The van der Waals surface area contributed by atoms with Crippen LogP contribution in [0.1, 0.15) is 26.3 Å².